The van der Waals surface area contributed by atoms with Crippen molar-refractivity contribution >= 4 is 28.3 Å². The predicted molar refractivity (Wildman–Crippen MR) is 57.8 cm³/mol. The highest BCUT2D eigenvalue weighted by atomic mass is 79.9. The van der Waals surface area contributed by atoms with E-state index in [9.17, 15) is 0 Å². The Labute approximate surface area is 91.9 Å². The number of aliphatic hydroxyl groups is 1. The minimum Gasteiger partial charge on any atom is -0.396 e. The molecule has 0 saturated carbocycles. The molecule has 0 aliphatic carbocycles. The lowest BCUT2D eigenvalue weighted by atomic mass is 10.1. The van der Waals surface area contributed by atoms with Gasteiger partial charge >= 0.3 is 0 Å². The summed E-state index contributed by atoms with van der Waals surface area (Å²) in [5.41, 5.74) is 6.54. The van der Waals surface area contributed by atoms with Crippen LogP contribution in [0.25, 0.3) is 0 Å². The average molecular weight is 268 g/mol. The number of nitrogens with zero attached hydrogens (tertiary/aromatic N) is 1. The number of nitrogens with two attached hydrogens (primary N) is 1. The van der Waals surface area contributed by atoms with Crippen molar-refractivity contribution in [2.45, 2.75) is 12.5 Å². The van der Waals surface area contributed by atoms with Gasteiger partial charge in [-0.25, -0.2) is 4.98 Å². The quantitative estimate of drug-likeness (QED) is 0.819. The molecule has 0 aliphatic rings. The molecule has 1 heterocycles. The van der Waals surface area contributed by atoms with Crippen molar-refractivity contribution in [3.05, 3.63) is 28.5 Å². The topological polar surface area (TPSA) is 59.1 Å². The summed E-state index contributed by atoms with van der Waals surface area (Å²) < 4.78 is 0.772. The molecule has 1 aromatic rings. The number of hydrogen-bond acceptors (Lipinski definition) is 3. The molecule has 1 rings (SSSR count). The van der Waals surface area contributed by atoms with Gasteiger partial charge in [-0.3, -0.25) is 0 Å². The summed E-state index contributed by atoms with van der Waals surface area (Å²) in [7, 11) is 0. The SMILES string of the molecule is Cl.NC(CCO)c1cccc(Br)n1. The van der Waals surface area contributed by atoms with E-state index < -0.39 is 0 Å². The van der Waals surface area contributed by atoms with Crippen LogP contribution < -0.4 is 5.73 Å². The van der Waals surface area contributed by atoms with Crippen LogP contribution >= 0.6 is 28.3 Å². The summed E-state index contributed by atoms with van der Waals surface area (Å²) in [5.74, 6) is 0. The zero-order valence-electron chi connectivity index (χ0n) is 6.98. The fraction of sp³-hybridized carbons (Fsp3) is 0.375. The van der Waals surface area contributed by atoms with Crippen LogP contribution in [0.5, 0.6) is 0 Å². The third-order valence-corrected chi connectivity index (χ3v) is 2.00. The van der Waals surface area contributed by atoms with Crippen LogP contribution in [0.2, 0.25) is 0 Å². The van der Waals surface area contributed by atoms with Gasteiger partial charge in [0.2, 0.25) is 0 Å². The number of aliphatic hydroxyl groups excluding tert-OH is 1. The molecule has 0 radical (unpaired) electrons. The lowest BCUT2D eigenvalue weighted by Crippen LogP contribution is -2.13. The first-order valence-corrected chi connectivity index (χ1v) is 4.52. The first kappa shape index (κ1) is 12.8. The van der Waals surface area contributed by atoms with Crippen LogP contribution in [-0.2, 0) is 0 Å². The monoisotopic (exact) mass is 266 g/mol. The molecule has 1 unspecified atom stereocenters. The number of hydrogen-bond donors (Lipinski definition) is 2. The summed E-state index contributed by atoms with van der Waals surface area (Å²) in [4.78, 5) is 4.17. The molecule has 13 heavy (non-hydrogen) atoms. The first-order valence-electron chi connectivity index (χ1n) is 3.73. The third kappa shape index (κ3) is 4.04. The molecule has 0 bridgehead atoms. The average Bonchev–Trinajstić information content (AvgIpc) is 2.05. The van der Waals surface area contributed by atoms with Crippen LogP contribution in [0.15, 0.2) is 22.8 Å². The van der Waals surface area contributed by atoms with Crippen molar-refractivity contribution in [3.8, 4) is 0 Å². The van der Waals surface area contributed by atoms with E-state index in [2.05, 4.69) is 20.9 Å². The van der Waals surface area contributed by atoms with E-state index in [1.54, 1.807) is 0 Å². The van der Waals surface area contributed by atoms with Crippen molar-refractivity contribution in [1.29, 1.82) is 0 Å². The van der Waals surface area contributed by atoms with Gasteiger partial charge in [0.25, 0.3) is 0 Å². The van der Waals surface area contributed by atoms with Gasteiger partial charge in [-0.1, -0.05) is 6.07 Å². The van der Waals surface area contributed by atoms with Gasteiger partial charge < -0.3 is 10.8 Å². The van der Waals surface area contributed by atoms with Gasteiger partial charge in [-0.2, -0.15) is 0 Å². The molecular weight excluding hydrogens is 255 g/mol. The summed E-state index contributed by atoms with van der Waals surface area (Å²) in [6.07, 6.45) is 0.545. The fourth-order valence-electron chi connectivity index (χ4n) is 0.917. The Morgan fingerprint density at radius 3 is 2.77 bits per heavy atom. The van der Waals surface area contributed by atoms with E-state index >= 15 is 0 Å². The van der Waals surface area contributed by atoms with E-state index in [1.807, 2.05) is 18.2 Å². The number of aromatic nitrogens is 1. The molecular formula is C8H12BrClN2O. The number of pyridine rings is 1. The Morgan fingerprint density at radius 1 is 1.54 bits per heavy atom. The highest BCUT2D eigenvalue weighted by Crippen LogP contribution is 2.13. The number of rotatable bonds is 3. The molecule has 0 amide bonds. The first-order chi connectivity index (χ1) is 5.74. The molecule has 1 aromatic heterocycles. The summed E-state index contributed by atoms with van der Waals surface area (Å²) in [6, 6.07) is 5.40. The largest absolute Gasteiger partial charge is 0.396 e. The Morgan fingerprint density at radius 2 is 2.23 bits per heavy atom. The standard InChI is InChI=1S/C8H11BrN2O.ClH/c9-8-3-1-2-7(11-8)6(10)4-5-12;/h1-3,6,12H,4-5,10H2;1H. The van der Waals surface area contributed by atoms with E-state index in [0.29, 0.717) is 6.42 Å². The maximum absolute atomic E-state index is 8.65. The minimum absolute atomic E-state index is 0. The summed E-state index contributed by atoms with van der Waals surface area (Å²) in [5, 5.41) is 8.65. The van der Waals surface area contributed by atoms with Crippen molar-refractivity contribution in [2.75, 3.05) is 6.61 Å². The zero-order valence-corrected chi connectivity index (χ0v) is 9.38. The summed E-state index contributed by atoms with van der Waals surface area (Å²) in [6.45, 7) is 0.0926. The van der Waals surface area contributed by atoms with Crippen LogP contribution in [0.1, 0.15) is 18.2 Å². The highest BCUT2D eigenvalue weighted by Gasteiger charge is 2.05. The minimum atomic E-state index is -0.174. The predicted octanol–water partition coefficient (Wildman–Crippen LogP) is 1.65. The van der Waals surface area contributed by atoms with Crippen LogP contribution in [0, 0.1) is 0 Å². The van der Waals surface area contributed by atoms with E-state index in [-0.39, 0.29) is 25.1 Å². The summed E-state index contributed by atoms with van der Waals surface area (Å²) >= 11 is 3.25. The normalized spacial score (nSPS) is 11.9. The van der Waals surface area contributed by atoms with Gasteiger partial charge in [0.15, 0.2) is 0 Å². The van der Waals surface area contributed by atoms with E-state index in [4.69, 9.17) is 10.8 Å². The molecule has 0 aromatic carbocycles. The molecule has 3 N–H and O–H groups in total. The molecule has 0 spiro atoms. The fourth-order valence-corrected chi connectivity index (χ4v) is 1.27. The van der Waals surface area contributed by atoms with E-state index in [0.717, 1.165) is 10.3 Å². The second-order valence-corrected chi connectivity index (χ2v) is 3.32. The Kier molecular flexibility index (Phi) is 6.24. The van der Waals surface area contributed by atoms with Gasteiger partial charge in [-0.05, 0) is 34.5 Å². The Balaban J connectivity index is 0.00000144. The van der Waals surface area contributed by atoms with Crippen molar-refractivity contribution in [2.24, 2.45) is 5.73 Å². The lowest BCUT2D eigenvalue weighted by Gasteiger charge is -2.08. The van der Waals surface area contributed by atoms with Crippen LogP contribution in [-0.4, -0.2) is 16.7 Å². The molecule has 0 fully saturated rings. The Bertz CT molecular complexity index is 260. The smallest absolute Gasteiger partial charge is 0.106 e. The van der Waals surface area contributed by atoms with Gasteiger partial charge in [0, 0.05) is 12.6 Å². The third-order valence-electron chi connectivity index (χ3n) is 1.56. The number of halogens is 2. The second kappa shape index (κ2) is 6.32. The van der Waals surface area contributed by atoms with Gasteiger partial charge in [0.05, 0.1) is 5.69 Å². The van der Waals surface area contributed by atoms with Crippen LogP contribution in [0.4, 0.5) is 0 Å². The molecule has 0 aliphatic heterocycles. The molecule has 1 atom stereocenters. The van der Waals surface area contributed by atoms with Crippen molar-refractivity contribution in [1.82, 2.24) is 4.98 Å². The van der Waals surface area contributed by atoms with Gasteiger partial charge in [-0.15, -0.1) is 12.4 Å². The maximum Gasteiger partial charge on any atom is 0.106 e. The molecule has 3 nitrogen and oxygen atoms in total. The second-order valence-electron chi connectivity index (χ2n) is 2.50. The molecule has 74 valence electrons. The van der Waals surface area contributed by atoms with Crippen molar-refractivity contribution in [3.63, 3.8) is 0 Å². The van der Waals surface area contributed by atoms with Crippen LogP contribution in [0.3, 0.4) is 0 Å². The molecule has 0 saturated heterocycles. The van der Waals surface area contributed by atoms with Gasteiger partial charge in [0.1, 0.15) is 4.60 Å². The molecule has 5 heteroatoms. The lowest BCUT2D eigenvalue weighted by molar-refractivity contribution is 0.275. The van der Waals surface area contributed by atoms with E-state index in [1.165, 1.54) is 0 Å². The maximum atomic E-state index is 8.65. The zero-order chi connectivity index (χ0) is 8.97. The Hall–Kier alpha value is -0.160. The highest BCUT2D eigenvalue weighted by molar-refractivity contribution is 9.10. The van der Waals surface area contributed by atoms with Crippen molar-refractivity contribution < 1.29 is 5.11 Å².